The maximum atomic E-state index is 13.6. The number of nitrogens with zero attached hydrogens (tertiary/aromatic N) is 3. The molecule has 2 aromatic rings. The standard InChI is InChI=1S/C9H5BrFN3/c1-14-7-2-5(3-12)8(10)9(11)6(7)4-13-14/h2,4H,1H3. The molecule has 0 saturated heterocycles. The lowest BCUT2D eigenvalue weighted by atomic mass is 10.2. The molecule has 0 aliphatic heterocycles. The zero-order chi connectivity index (χ0) is 10.3. The van der Waals surface area contributed by atoms with Crippen LogP contribution >= 0.6 is 15.9 Å². The third-order valence-corrected chi connectivity index (χ3v) is 2.83. The molecule has 1 heterocycles. The first-order valence-corrected chi connectivity index (χ1v) is 4.64. The average Bonchev–Trinajstić information content (AvgIpc) is 2.54. The van der Waals surface area contributed by atoms with Gasteiger partial charge in [0.1, 0.15) is 11.9 Å². The van der Waals surface area contributed by atoms with Crippen LogP contribution in [0.3, 0.4) is 0 Å². The second kappa shape index (κ2) is 3.07. The van der Waals surface area contributed by atoms with Gasteiger partial charge in [-0.05, 0) is 22.0 Å². The van der Waals surface area contributed by atoms with Gasteiger partial charge in [0.15, 0.2) is 0 Å². The molecule has 3 nitrogen and oxygen atoms in total. The fourth-order valence-corrected chi connectivity index (χ4v) is 1.72. The van der Waals surface area contributed by atoms with Crippen LogP contribution in [0, 0.1) is 17.1 Å². The number of nitriles is 1. The highest BCUT2D eigenvalue weighted by molar-refractivity contribution is 9.10. The summed E-state index contributed by atoms with van der Waals surface area (Å²) in [5, 5.41) is 13.1. The molecule has 0 aliphatic rings. The molecule has 1 aromatic carbocycles. The Hall–Kier alpha value is -1.41. The molecule has 0 unspecified atom stereocenters. The van der Waals surface area contributed by atoms with Crippen LogP contribution in [0.1, 0.15) is 5.56 Å². The number of halogens is 2. The molecule has 1 aromatic heterocycles. The van der Waals surface area contributed by atoms with Crippen molar-refractivity contribution in [3.8, 4) is 6.07 Å². The number of fused-ring (bicyclic) bond motifs is 1. The van der Waals surface area contributed by atoms with Gasteiger partial charge in [0, 0.05) is 7.05 Å². The highest BCUT2D eigenvalue weighted by Gasteiger charge is 2.13. The van der Waals surface area contributed by atoms with Gasteiger partial charge in [-0.1, -0.05) is 0 Å². The molecule has 0 bridgehead atoms. The number of hydrogen-bond acceptors (Lipinski definition) is 2. The zero-order valence-electron chi connectivity index (χ0n) is 7.25. The van der Waals surface area contributed by atoms with Crippen LogP contribution in [0.15, 0.2) is 16.7 Å². The maximum Gasteiger partial charge on any atom is 0.149 e. The highest BCUT2D eigenvalue weighted by Crippen LogP contribution is 2.27. The predicted octanol–water partition coefficient (Wildman–Crippen LogP) is 2.35. The molecule has 0 spiro atoms. The Kier molecular flexibility index (Phi) is 2.01. The van der Waals surface area contributed by atoms with Crippen LogP contribution in [-0.2, 0) is 7.05 Å². The zero-order valence-corrected chi connectivity index (χ0v) is 8.84. The molecule has 0 amide bonds. The van der Waals surface area contributed by atoms with Crippen molar-refractivity contribution in [2.24, 2.45) is 7.05 Å². The molecule has 0 aliphatic carbocycles. The van der Waals surface area contributed by atoms with E-state index in [1.165, 1.54) is 10.9 Å². The molecule has 14 heavy (non-hydrogen) atoms. The largest absolute Gasteiger partial charge is 0.268 e. The third kappa shape index (κ3) is 1.11. The van der Waals surface area contributed by atoms with E-state index >= 15 is 0 Å². The Morgan fingerprint density at radius 2 is 2.36 bits per heavy atom. The fraction of sp³-hybridized carbons (Fsp3) is 0.111. The molecule has 0 atom stereocenters. The quantitative estimate of drug-likeness (QED) is 0.724. The normalized spacial score (nSPS) is 10.4. The van der Waals surface area contributed by atoms with E-state index in [2.05, 4.69) is 21.0 Å². The van der Waals surface area contributed by atoms with Crippen molar-refractivity contribution in [2.75, 3.05) is 0 Å². The van der Waals surface area contributed by atoms with Crippen molar-refractivity contribution in [3.05, 3.63) is 28.1 Å². The highest BCUT2D eigenvalue weighted by atomic mass is 79.9. The van der Waals surface area contributed by atoms with E-state index in [0.717, 1.165) is 0 Å². The lowest BCUT2D eigenvalue weighted by Gasteiger charge is -2.00. The van der Waals surface area contributed by atoms with Crippen LogP contribution in [0.5, 0.6) is 0 Å². The van der Waals surface area contributed by atoms with Crippen LogP contribution in [0.4, 0.5) is 4.39 Å². The topological polar surface area (TPSA) is 41.6 Å². The summed E-state index contributed by atoms with van der Waals surface area (Å²) in [6, 6.07) is 3.52. The molecule has 0 radical (unpaired) electrons. The van der Waals surface area contributed by atoms with E-state index in [4.69, 9.17) is 5.26 Å². The van der Waals surface area contributed by atoms with E-state index < -0.39 is 5.82 Å². The van der Waals surface area contributed by atoms with Crippen molar-refractivity contribution in [1.29, 1.82) is 5.26 Å². The van der Waals surface area contributed by atoms with E-state index in [1.54, 1.807) is 13.1 Å². The van der Waals surface area contributed by atoms with E-state index in [9.17, 15) is 4.39 Å². The number of benzene rings is 1. The number of hydrogen-bond donors (Lipinski definition) is 0. The van der Waals surface area contributed by atoms with Gasteiger partial charge in [-0.2, -0.15) is 10.4 Å². The van der Waals surface area contributed by atoms with Gasteiger partial charge >= 0.3 is 0 Å². The van der Waals surface area contributed by atoms with Crippen molar-refractivity contribution in [3.63, 3.8) is 0 Å². The lowest BCUT2D eigenvalue weighted by molar-refractivity contribution is 0.632. The monoisotopic (exact) mass is 253 g/mol. The lowest BCUT2D eigenvalue weighted by Crippen LogP contribution is -1.91. The van der Waals surface area contributed by atoms with Gasteiger partial charge < -0.3 is 0 Å². The van der Waals surface area contributed by atoms with Gasteiger partial charge in [-0.25, -0.2) is 4.39 Å². The Morgan fingerprint density at radius 3 is 3.00 bits per heavy atom. The minimum Gasteiger partial charge on any atom is -0.268 e. The van der Waals surface area contributed by atoms with Gasteiger partial charge in [-0.15, -0.1) is 0 Å². The number of rotatable bonds is 0. The molecule has 70 valence electrons. The minimum atomic E-state index is -0.438. The van der Waals surface area contributed by atoms with Crippen molar-refractivity contribution < 1.29 is 4.39 Å². The molecule has 5 heteroatoms. The van der Waals surface area contributed by atoms with E-state index in [1.807, 2.05) is 6.07 Å². The van der Waals surface area contributed by atoms with Gasteiger partial charge in [-0.3, -0.25) is 4.68 Å². The maximum absolute atomic E-state index is 13.6. The molecule has 2 rings (SSSR count). The van der Waals surface area contributed by atoms with Gasteiger partial charge in [0.25, 0.3) is 0 Å². The smallest absolute Gasteiger partial charge is 0.149 e. The second-order valence-corrected chi connectivity index (χ2v) is 3.66. The number of aromatic nitrogens is 2. The van der Waals surface area contributed by atoms with Gasteiger partial charge in [0.05, 0.1) is 27.1 Å². The molecule has 0 N–H and O–H groups in total. The summed E-state index contributed by atoms with van der Waals surface area (Å²) in [6.07, 6.45) is 1.44. The van der Waals surface area contributed by atoms with E-state index in [-0.39, 0.29) is 10.0 Å². The summed E-state index contributed by atoms with van der Waals surface area (Å²) in [4.78, 5) is 0. The van der Waals surface area contributed by atoms with Crippen molar-refractivity contribution in [1.82, 2.24) is 9.78 Å². The molecular formula is C9H5BrFN3. The molecule has 0 fully saturated rings. The van der Waals surface area contributed by atoms with Crippen molar-refractivity contribution >= 4 is 26.8 Å². The summed E-state index contributed by atoms with van der Waals surface area (Å²) in [6.45, 7) is 0. The minimum absolute atomic E-state index is 0.195. The SMILES string of the molecule is Cn1ncc2c(F)c(Br)c(C#N)cc21. The van der Waals surface area contributed by atoms with Crippen LogP contribution < -0.4 is 0 Å². The molecule has 0 saturated carbocycles. The average molecular weight is 254 g/mol. The Labute approximate surface area is 87.9 Å². The Bertz CT molecular complexity index is 553. The van der Waals surface area contributed by atoms with Crippen LogP contribution in [-0.4, -0.2) is 9.78 Å². The second-order valence-electron chi connectivity index (χ2n) is 2.86. The molecular weight excluding hydrogens is 249 g/mol. The first kappa shape index (κ1) is 9.16. The summed E-state index contributed by atoms with van der Waals surface area (Å²) in [5.41, 5.74) is 0.890. The first-order valence-electron chi connectivity index (χ1n) is 3.85. The summed E-state index contributed by atoms with van der Waals surface area (Å²) in [7, 11) is 1.71. The number of aryl methyl sites for hydroxylation is 1. The predicted molar refractivity (Wildman–Crippen MR) is 53.1 cm³/mol. The Balaban J connectivity index is 2.96. The first-order chi connectivity index (χ1) is 6.65. The van der Waals surface area contributed by atoms with Gasteiger partial charge in [0.2, 0.25) is 0 Å². The van der Waals surface area contributed by atoms with Crippen LogP contribution in [0.2, 0.25) is 0 Å². The summed E-state index contributed by atoms with van der Waals surface area (Å²) >= 11 is 3.04. The summed E-state index contributed by atoms with van der Waals surface area (Å²) in [5.74, 6) is -0.438. The van der Waals surface area contributed by atoms with E-state index in [0.29, 0.717) is 10.9 Å². The summed E-state index contributed by atoms with van der Waals surface area (Å²) < 4.78 is 15.3. The Morgan fingerprint density at radius 1 is 1.64 bits per heavy atom. The van der Waals surface area contributed by atoms with Crippen molar-refractivity contribution in [2.45, 2.75) is 0 Å². The fourth-order valence-electron chi connectivity index (χ4n) is 1.31. The van der Waals surface area contributed by atoms with Crippen LogP contribution in [0.25, 0.3) is 10.9 Å². The third-order valence-electron chi connectivity index (χ3n) is 2.05.